The van der Waals surface area contributed by atoms with Crippen LogP contribution in [-0.2, 0) is 0 Å². The summed E-state index contributed by atoms with van der Waals surface area (Å²) in [6, 6.07) is 20.8. The van der Waals surface area contributed by atoms with Crippen molar-refractivity contribution in [2.75, 3.05) is 0 Å². The number of nitrogens with zero attached hydrogens (tertiary/aromatic N) is 2. The van der Waals surface area contributed by atoms with Crippen LogP contribution in [0.3, 0.4) is 0 Å². The fraction of sp³-hybridized carbons (Fsp3) is 0. The zero-order valence-corrected chi connectivity index (χ0v) is 15.3. The van der Waals surface area contributed by atoms with E-state index in [9.17, 15) is 14.9 Å². The lowest BCUT2D eigenvalue weighted by atomic mass is 10.1. The Morgan fingerprint density at radius 3 is 2.28 bits per heavy atom. The molecule has 0 saturated carbocycles. The van der Waals surface area contributed by atoms with Crippen LogP contribution in [0.5, 0.6) is 0 Å². The maximum Gasteiger partial charge on any atom is 0.269 e. The molecule has 142 valence electrons. The van der Waals surface area contributed by atoms with Gasteiger partial charge in [-0.15, -0.1) is 0 Å². The second-order valence-electron chi connectivity index (χ2n) is 6.34. The van der Waals surface area contributed by atoms with E-state index < -0.39 is 4.92 Å². The van der Waals surface area contributed by atoms with Gasteiger partial charge in [-0.25, -0.2) is 0 Å². The summed E-state index contributed by atoms with van der Waals surface area (Å²) < 4.78 is 7.68. The Bertz CT molecular complexity index is 1170. The van der Waals surface area contributed by atoms with Gasteiger partial charge in [0.2, 0.25) is 0 Å². The van der Waals surface area contributed by atoms with Gasteiger partial charge >= 0.3 is 0 Å². The van der Waals surface area contributed by atoms with Crippen LogP contribution in [0.1, 0.15) is 16.1 Å². The summed E-state index contributed by atoms with van der Waals surface area (Å²) in [5.74, 6) is 0.969. The summed E-state index contributed by atoms with van der Waals surface area (Å²) >= 11 is 0. The van der Waals surface area contributed by atoms with Gasteiger partial charge in [0, 0.05) is 41.3 Å². The molecule has 0 radical (unpaired) electrons. The van der Waals surface area contributed by atoms with Gasteiger partial charge in [-0.3, -0.25) is 14.9 Å². The molecule has 6 heteroatoms. The van der Waals surface area contributed by atoms with E-state index in [1.165, 1.54) is 18.2 Å². The zero-order valence-electron chi connectivity index (χ0n) is 15.3. The largest absolute Gasteiger partial charge is 0.457 e. The fourth-order valence-corrected chi connectivity index (χ4v) is 2.90. The van der Waals surface area contributed by atoms with Crippen molar-refractivity contribution >= 4 is 17.5 Å². The number of hydrogen-bond acceptors (Lipinski definition) is 4. The van der Waals surface area contributed by atoms with E-state index in [0.717, 1.165) is 11.3 Å². The van der Waals surface area contributed by atoms with Gasteiger partial charge in [-0.1, -0.05) is 0 Å². The van der Waals surface area contributed by atoms with Crippen LogP contribution in [-0.4, -0.2) is 15.3 Å². The van der Waals surface area contributed by atoms with Crippen molar-refractivity contribution in [2.24, 2.45) is 0 Å². The molecular formula is C23H16N2O4. The Kier molecular flexibility index (Phi) is 4.90. The number of carbonyl (C=O) groups is 1. The van der Waals surface area contributed by atoms with Gasteiger partial charge in [0.25, 0.3) is 5.69 Å². The molecule has 2 aromatic heterocycles. The fourth-order valence-electron chi connectivity index (χ4n) is 2.90. The number of benzene rings is 2. The first kappa shape index (κ1) is 18.2. The number of allylic oxidation sites excluding steroid dienone is 1. The van der Waals surface area contributed by atoms with Crippen LogP contribution in [0.2, 0.25) is 0 Å². The number of non-ortho nitro benzene ring substituents is 1. The molecule has 0 aliphatic rings. The molecule has 6 nitrogen and oxygen atoms in total. The smallest absolute Gasteiger partial charge is 0.269 e. The molecule has 4 aromatic rings. The van der Waals surface area contributed by atoms with E-state index in [-0.39, 0.29) is 11.5 Å². The Labute approximate surface area is 166 Å². The van der Waals surface area contributed by atoms with E-state index >= 15 is 0 Å². The first-order valence-corrected chi connectivity index (χ1v) is 8.91. The SMILES string of the molecule is O=C(/C=C/c1ccc(-c2ccc([N+](=O)[O-])cc2)o1)c1ccc(-n2cccc2)cc1. The predicted molar refractivity (Wildman–Crippen MR) is 110 cm³/mol. The summed E-state index contributed by atoms with van der Waals surface area (Å²) in [6.45, 7) is 0. The molecule has 2 heterocycles. The number of hydrogen-bond donors (Lipinski definition) is 0. The van der Waals surface area contributed by atoms with Crippen LogP contribution in [0.15, 0.2) is 95.7 Å². The van der Waals surface area contributed by atoms with Crippen LogP contribution >= 0.6 is 0 Å². The molecule has 0 bridgehead atoms. The summed E-state index contributed by atoms with van der Waals surface area (Å²) in [4.78, 5) is 22.7. The molecule has 0 atom stereocenters. The van der Waals surface area contributed by atoms with E-state index in [0.29, 0.717) is 17.1 Å². The Balaban J connectivity index is 1.45. The number of furan rings is 1. The van der Waals surface area contributed by atoms with Gasteiger partial charge in [0.05, 0.1) is 4.92 Å². The minimum Gasteiger partial charge on any atom is -0.457 e. The third-order valence-electron chi connectivity index (χ3n) is 4.44. The topological polar surface area (TPSA) is 78.3 Å². The highest BCUT2D eigenvalue weighted by Crippen LogP contribution is 2.25. The highest BCUT2D eigenvalue weighted by molar-refractivity contribution is 6.06. The van der Waals surface area contributed by atoms with E-state index in [2.05, 4.69) is 0 Å². The van der Waals surface area contributed by atoms with Gasteiger partial charge in [-0.05, 0) is 72.8 Å². The minimum atomic E-state index is -0.448. The van der Waals surface area contributed by atoms with E-state index in [1.54, 1.807) is 42.5 Å². The third kappa shape index (κ3) is 4.06. The zero-order chi connectivity index (χ0) is 20.2. The number of nitro groups is 1. The lowest BCUT2D eigenvalue weighted by Crippen LogP contribution is -1.95. The maximum atomic E-state index is 12.4. The maximum absolute atomic E-state index is 12.4. The van der Waals surface area contributed by atoms with Crippen molar-refractivity contribution in [3.05, 3.63) is 113 Å². The van der Waals surface area contributed by atoms with Crippen molar-refractivity contribution < 1.29 is 14.1 Å². The Hall–Kier alpha value is -4.19. The van der Waals surface area contributed by atoms with Gasteiger partial charge < -0.3 is 8.98 Å². The van der Waals surface area contributed by atoms with Crippen LogP contribution in [0.25, 0.3) is 23.1 Å². The monoisotopic (exact) mass is 384 g/mol. The molecular weight excluding hydrogens is 368 g/mol. The van der Waals surface area contributed by atoms with Crippen molar-refractivity contribution in [1.82, 2.24) is 4.57 Å². The normalized spacial score (nSPS) is 11.0. The molecule has 29 heavy (non-hydrogen) atoms. The molecule has 0 saturated heterocycles. The molecule has 2 aromatic carbocycles. The van der Waals surface area contributed by atoms with Crippen LogP contribution < -0.4 is 0 Å². The lowest BCUT2D eigenvalue weighted by Gasteiger charge is -2.03. The number of carbonyl (C=O) groups excluding carboxylic acids is 1. The van der Waals surface area contributed by atoms with Gasteiger partial charge in [0.15, 0.2) is 5.78 Å². The lowest BCUT2D eigenvalue weighted by molar-refractivity contribution is -0.384. The van der Waals surface area contributed by atoms with E-state index in [4.69, 9.17) is 4.42 Å². The van der Waals surface area contributed by atoms with Crippen molar-refractivity contribution in [3.63, 3.8) is 0 Å². The molecule has 0 amide bonds. The van der Waals surface area contributed by atoms with E-state index in [1.807, 2.05) is 41.2 Å². The summed E-state index contributed by atoms with van der Waals surface area (Å²) in [6.07, 6.45) is 6.95. The standard InChI is InChI=1S/C23H16N2O4/c26-22(17-3-7-19(8-4-17)24-15-1-2-16-24)13-11-21-12-14-23(29-21)18-5-9-20(10-6-18)25(27)28/h1-16H/b13-11+. The number of ketones is 1. The van der Waals surface area contributed by atoms with Gasteiger partial charge in [0.1, 0.15) is 11.5 Å². The number of nitro benzene ring substituents is 1. The Morgan fingerprint density at radius 1 is 0.931 bits per heavy atom. The highest BCUT2D eigenvalue weighted by Gasteiger charge is 2.08. The Morgan fingerprint density at radius 2 is 1.62 bits per heavy atom. The van der Waals surface area contributed by atoms with Crippen LogP contribution in [0.4, 0.5) is 5.69 Å². The summed E-state index contributed by atoms with van der Waals surface area (Å²) in [5, 5.41) is 10.7. The minimum absolute atomic E-state index is 0.0221. The molecule has 0 aliphatic heterocycles. The average molecular weight is 384 g/mol. The van der Waals surface area contributed by atoms with Crippen molar-refractivity contribution in [3.8, 4) is 17.0 Å². The second-order valence-corrected chi connectivity index (χ2v) is 6.34. The average Bonchev–Trinajstić information content (AvgIpc) is 3.44. The predicted octanol–water partition coefficient (Wildman–Crippen LogP) is 5.54. The molecule has 4 rings (SSSR count). The molecule has 0 aliphatic carbocycles. The summed E-state index contributed by atoms with van der Waals surface area (Å²) in [7, 11) is 0. The number of rotatable bonds is 6. The van der Waals surface area contributed by atoms with Crippen LogP contribution in [0, 0.1) is 10.1 Å². The van der Waals surface area contributed by atoms with Crippen molar-refractivity contribution in [1.29, 1.82) is 0 Å². The van der Waals surface area contributed by atoms with Gasteiger partial charge in [-0.2, -0.15) is 0 Å². The molecule has 0 N–H and O–H groups in total. The third-order valence-corrected chi connectivity index (χ3v) is 4.44. The molecule has 0 spiro atoms. The number of aromatic nitrogens is 1. The first-order valence-electron chi connectivity index (χ1n) is 8.91. The second kappa shape index (κ2) is 7.82. The first-order chi connectivity index (χ1) is 14.1. The quantitative estimate of drug-likeness (QED) is 0.189. The highest BCUT2D eigenvalue weighted by atomic mass is 16.6. The molecule has 0 unspecified atom stereocenters. The van der Waals surface area contributed by atoms with Crippen molar-refractivity contribution in [2.45, 2.75) is 0 Å². The molecule has 0 fully saturated rings. The summed E-state index contributed by atoms with van der Waals surface area (Å²) in [5.41, 5.74) is 2.31.